The Morgan fingerprint density at radius 1 is 1.65 bits per heavy atom. The molecule has 0 aromatic heterocycles. The molecule has 88 valence electrons. The zero-order valence-corrected chi connectivity index (χ0v) is 10.4. The Morgan fingerprint density at radius 2 is 2.29 bits per heavy atom. The van der Waals surface area contributed by atoms with E-state index in [1.165, 1.54) is 13.2 Å². The molecule has 0 aliphatic carbocycles. The van der Waals surface area contributed by atoms with E-state index in [9.17, 15) is 14.9 Å². The van der Waals surface area contributed by atoms with Gasteiger partial charge in [0.05, 0.1) is 17.6 Å². The van der Waals surface area contributed by atoms with Gasteiger partial charge in [-0.15, -0.1) is 0 Å². The Hall–Kier alpha value is -1.94. The number of hydrogen-bond donors (Lipinski definition) is 0. The number of carbonyl (C=O) groups excluding carboxylic acids is 1. The number of nitriles is 1. The predicted octanol–water partition coefficient (Wildman–Crippen LogP) is 2.15. The summed E-state index contributed by atoms with van der Waals surface area (Å²) in [6.45, 7) is 0. The summed E-state index contributed by atoms with van der Waals surface area (Å²) in [4.78, 5) is 21.4. The molecule has 1 aromatic carbocycles. The van der Waals surface area contributed by atoms with Crippen LogP contribution in [0.15, 0.2) is 12.1 Å². The second-order valence-corrected chi connectivity index (χ2v) is 3.58. The van der Waals surface area contributed by atoms with Crippen molar-refractivity contribution >= 4 is 27.6 Å². The highest BCUT2D eigenvalue weighted by molar-refractivity contribution is 9.08. The van der Waals surface area contributed by atoms with Gasteiger partial charge in [-0.2, -0.15) is 5.26 Å². The number of halogens is 1. The SMILES string of the molecule is COC(=O)c1cc([N+](=O)[O-])c(C#N)cc1CBr. The average molecular weight is 299 g/mol. The third-order valence-corrected chi connectivity index (χ3v) is 2.69. The quantitative estimate of drug-likeness (QED) is 0.369. The number of nitro groups is 1. The number of esters is 1. The molecule has 0 aliphatic rings. The standard InChI is InChI=1S/C10H7BrN2O4/c1-17-10(14)8-3-9(13(15)16)7(5-12)2-6(8)4-11/h2-3H,4H2,1H3. The Bertz CT molecular complexity index is 522. The molecule has 0 fully saturated rings. The van der Waals surface area contributed by atoms with Crippen molar-refractivity contribution in [2.45, 2.75) is 5.33 Å². The summed E-state index contributed by atoms with van der Waals surface area (Å²) in [6, 6.07) is 4.08. The van der Waals surface area contributed by atoms with Crippen LogP contribution in [0, 0.1) is 21.4 Å². The van der Waals surface area contributed by atoms with Gasteiger partial charge in [-0.05, 0) is 11.6 Å². The maximum atomic E-state index is 11.4. The minimum absolute atomic E-state index is 0.0788. The minimum Gasteiger partial charge on any atom is -0.465 e. The molecule has 0 radical (unpaired) electrons. The molecule has 0 spiro atoms. The van der Waals surface area contributed by atoms with Crippen LogP contribution in [-0.4, -0.2) is 18.0 Å². The van der Waals surface area contributed by atoms with Crippen molar-refractivity contribution in [3.8, 4) is 6.07 Å². The lowest BCUT2D eigenvalue weighted by Crippen LogP contribution is -2.07. The second-order valence-electron chi connectivity index (χ2n) is 3.02. The Morgan fingerprint density at radius 3 is 2.71 bits per heavy atom. The largest absolute Gasteiger partial charge is 0.465 e. The van der Waals surface area contributed by atoms with Crippen molar-refractivity contribution in [3.63, 3.8) is 0 Å². The fraction of sp³-hybridized carbons (Fsp3) is 0.200. The monoisotopic (exact) mass is 298 g/mol. The number of benzene rings is 1. The van der Waals surface area contributed by atoms with Crippen molar-refractivity contribution in [1.82, 2.24) is 0 Å². The van der Waals surface area contributed by atoms with E-state index in [-0.39, 0.29) is 11.1 Å². The molecule has 0 bridgehead atoms. The normalized spacial score (nSPS) is 9.47. The predicted molar refractivity (Wildman–Crippen MR) is 61.8 cm³/mol. The van der Waals surface area contributed by atoms with Gasteiger partial charge in [0, 0.05) is 11.4 Å². The number of methoxy groups -OCH3 is 1. The molecule has 0 N–H and O–H groups in total. The molecule has 0 amide bonds. The summed E-state index contributed by atoms with van der Waals surface area (Å²) in [7, 11) is 1.18. The van der Waals surface area contributed by atoms with E-state index in [0.717, 1.165) is 6.07 Å². The zero-order chi connectivity index (χ0) is 13.0. The summed E-state index contributed by atoms with van der Waals surface area (Å²) in [5.41, 5.74) is 0.0591. The lowest BCUT2D eigenvalue weighted by Gasteiger charge is -2.06. The van der Waals surface area contributed by atoms with E-state index in [4.69, 9.17) is 5.26 Å². The summed E-state index contributed by atoms with van der Waals surface area (Å²) in [6.07, 6.45) is 0. The maximum Gasteiger partial charge on any atom is 0.338 e. The van der Waals surface area contributed by atoms with Gasteiger partial charge in [0.25, 0.3) is 5.69 Å². The fourth-order valence-corrected chi connectivity index (χ4v) is 1.75. The third kappa shape index (κ3) is 2.60. The lowest BCUT2D eigenvalue weighted by atomic mass is 10.0. The smallest absolute Gasteiger partial charge is 0.338 e. The van der Waals surface area contributed by atoms with Gasteiger partial charge < -0.3 is 4.74 Å². The van der Waals surface area contributed by atoms with E-state index < -0.39 is 16.6 Å². The first kappa shape index (κ1) is 13.1. The number of nitro benzene ring substituents is 1. The average Bonchev–Trinajstić information content (AvgIpc) is 2.35. The first-order valence-corrected chi connectivity index (χ1v) is 5.53. The van der Waals surface area contributed by atoms with Crippen molar-refractivity contribution in [3.05, 3.63) is 38.9 Å². The molecule has 0 saturated carbocycles. The maximum absolute atomic E-state index is 11.4. The van der Waals surface area contributed by atoms with Crippen LogP contribution in [0.3, 0.4) is 0 Å². The van der Waals surface area contributed by atoms with Crippen LogP contribution in [0.1, 0.15) is 21.5 Å². The van der Waals surface area contributed by atoms with Crippen LogP contribution in [-0.2, 0) is 10.1 Å². The van der Waals surface area contributed by atoms with Crippen LogP contribution >= 0.6 is 15.9 Å². The topological polar surface area (TPSA) is 93.2 Å². The number of hydrogen-bond acceptors (Lipinski definition) is 5. The molecule has 17 heavy (non-hydrogen) atoms. The summed E-state index contributed by atoms with van der Waals surface area (Å²) < 4.78 is 4.52. The number of rotatable bonds is 3. The van der Waals surface area contributed by atoms with E-state index in [1.807, 2.05) is 0 Å². The third-order valence-electron chi connectivity index (χ3n) is 2.09. The van der Waals surface area contributed by atoms with Crippen molar-refractivity contribution < 1.29 is 14.5 Å². The van der Waals surface area contributed by atoms with Gasteiger partial charge in [-0.1, -0.05) is 15.9 Å². The molecule has 1 rings (SSSR count). The molecular formula is C10H7BrN2O4. The molecule has 0 heterocycles. The highest BCUT2D eigenvalue weighted by atomic mass is 79.9. The molecule has 7 heteroatoms. The Kier molecular flexibility index (Phi) is 4.17. The minimum atomic E-state index is -0.705. The fourth-order valence-electron chi connectivity index (χ4n) is 1.28. The second kappa shape index (κ2) is 5.41. The molecule has 6 nitrogen and oxygen atoms in total. The number of ether oxygens (including phenoxy) is 1. The van der Waals surface area contributed by atoms with E-state index in [0.29, 0.717) is 10.9 Å². The van der Waals surface area contributed by atoms with Gasteiger partial charge in [-0.3, -0.25) is 10.1 Å². The highest BCUT2D eigenvalue weighted by Gasteiger charge is 2.21. The van der Waals surface area contributed by atoms with Crippen LogP contribution in [0.2, 0.25) is 0 Å². The van der Waals surface area contributed by atoms with Crippen molar-refractivity contribution in [2.75, 3.05) is 7.11 Å². The number of nitrogens with zero attached hydrogens (tertiary/aromatic N) is 2. The van der Waals surface area contributed by atoms with Crippen LogP contribution in [0.4, 0.5) is 5.69 Å². The van der Waals surface area contributed by atoms with Crippen LogP contribution in [0.25, 0.3) is 0 Å². The Labute approximate surface area is 105 Å². The lowest BCUT2D eigenvalue weighted by molar-refractivity contribution is -0.385. The summed E-state index contributed by atoms with van der Waals surface area (Å²) in [5, 5.41) is 19.8. The highest BCUT2D eigenvalue weighted by Crippen LogP contribution is 2.25. The van der Waals surface area contributed by atoms with Crippen LogP contribution < -0.4 is 0 Å². The summed E-state index contributed by atoms with van der Waals surface area (Å²) in [5.74, 6) is -0.674. The van der Waals surface area contributed by atoms with Gasteiger partial charge in [-0.25, -0.2) is 4.79 Å². The number of alkyl halides is 1. The van der Waals surface area contributed by atoms with Gasteiger partial charge in [0.15, 0.2) is 0 Å². The molecule has 1 aromatic rings. The molecule has 0 atom stereocenters. The van der Waals surface area contributed by atoms with E-state index in [2.05, 4.69) is 20.7 Å². The first-order valence-electron chi connectivity index (χ1n) is 4.40. The van der Waals surface area contributed by atoms with E-state index in [1.54, 1.807) is 6.07 Å². The van der Waals surface area contributed by atoms with Crippen molar-refractivity contribution in [2.24, 2.45) is 0 Å². The van der Waals surface area contributed by atoms with Gasteiger partial charge >= 0.3 is 5.97 Å². The van der Waals surface area contributed by atoms with Crippen molar-refractivity contribution in [1.29, 1.82) is 5.26 Å². The molecule has 0 saturated heterocycles. The van der Waals surface area contributed by atoms with Crippen LogP contribution in [0.5, 0.6) is 0 Å². The van der Waals surface area contributed by atoms with E-state index >= 15 is 0 Å². The van der Waals surface area contributed by atoms with Gasteiger partial charge in [0.2, 0.25) is 0 Å². The summed E-state index contributed by atoms with van der Waals surface area (Å²) >= 11 is 3.14. The molecule has 0 aliphatic heterocycles. The number of carbonyl (C=O) groups is 1. The Balaban J connectivity index is 3.51. The molecule has 0 unspecified atom stereocenters. The van der Waals surface area contributed by atoms with Gasteiger partial charge in [0.1, 0.15) is 11.6 Å². The zero-order valence-electron chi connectivity index (χ0n) is 8.77. The first-order chi connectivity index (χ1) is 8.04. The molecular weight excluding hydrogens is 292 g/mol.